The lowest BCUT2D eigenvalue weighted by atomic mass is 10.1. The fraction of sp³-hybridized carbons (Fsp3) is 0.818. The van der Waals surface area contributed by atoms with E-state index in [1.54, 1.807) is 0 Å². The number of carboxylic acid groups (broad SMARTS) is 1. The van der Waals surface area contributed by atoms with Gasteiger partial charge in [0, 0.05) is 13.0 Å². The molecule has 0 heterocycles. The molecule has 1 atom stereocenters. The molecule has 0 aliphatic carbocycles. The molecule has 0 radical (unpaired) electrons. The number of unbranched alkanes of at least 4 members (excludes halogenated alkanes) is 1. The number of carboxylic acids is 1. The third kappa shape index (κ3) is 7.23. The average Bonchev–Trinajstić information content (AvgIpc) is 2.23. The van der Waals surface area contributed by atoms with Crippen LogP contribution in [0.5, 0.6) is 0 Å². The van der Waals surface area contributed by atoms with E-state index in [0.717, 1.165) is 12.8 Å². The van der Waals surface area contributed by atoms with Crippen molar-refractivity contribution in [3.63, 3.8) is 0 Å². The number of rotatable bonds is 9. The van der Waals surface area contributed by atoms with E-state index in [4.69, 9.17) is 5.11 Å². The van der Waals surface area contributed by atoms with Gasteiger partial charge in [0.1, 0.15) is 6.04 Å². The van der Waals surface area contributed by atoms with Gasteiger partial charge in [0.15, 0.2) is 0 Å². The zero-order valence-electron chi connectivity index (χ0n) is 10.1. The van der Waals surface area contributed by atoms with Crippen molar-refractivity contribution in [2.75, 3.05) is 13.1 Å². The molecule has 0 bridgehead atoms. The summed E-state index contributed by atoms with van der Waals surface area (Å²) in [5.41, 5.74) is 0. The van der Waals surface area contributed by atoms with Crippen LogP contribution in [-0.4, -0.2) is 36.1 Å². The lowest BCUT2D eigenvalue weighted by molar-refractivity contribution is -0.139. The fourth-order valence-corrected chi connectivity index (χ4v) is 1.33. The van der Waals surface area contributed by atoms with Crippen molar-refractivity contribution in [3.05, 3.63) is 0 Å². The monoisotopic (exact) mass is 230 g/mol. The minimum Gasteiger partial charge on any atom is -0.480 e. The second-order valence-corrected chi connectivity index (χ2v) is 3.69. The molecule has 1 unspecified atom stereocenters. The Bertz CT molecular complexity index is 219. The van der Waals surface area contributed by atoms with Crippen LogP contribution >= 0.6 is 0 Å². The number of amides is 1. The normalized spacial score (nSPS) is 12.1. The van der Waals surface area contributed by atoms with Crippen molar-refractivity contribution in [1.29, 1.82) is 0 Å². The second kappa shape index (κ2) is 9.15. The highest BCUT2D eigenvalue weighted by Gasteiger charge is 2.17. The summed E-state index contributed by atoms with van der Waals surface area (Å²) in [7, 11) is 0. The molecule has 0 aromatic carbocycles. The van der Waals surface area contributed by atoms with Crippen molar-refractivity contribution in [2.45, 2.75) is 45.6 Å². The Kier molecular flexibility index (Phi) is 8.52. The van der Waals surface area contributed by atoms with E-state index >= 15 is 0 Å². The third-order valence-electron chi connectivity index (χ3n) is 2.25. The molecule has 5 nitrogen and oxygen atoms in total. The summed E-state index contributed by atoms with van der Waals surface area (Å²) < 4.78 is 0. The summed E-state index contributed by atoms with van der Waals surface area (Å²) >= 11 is 0. The van der Waals surface area contributed by atoms with Gasteiger partial charge in [-0.05, 0) is 26.3 Å². The molecule has 16 heavy (non-hydrogen) atoms. The van der Waals surface area contributed by atoms with Crippen LogP contribution in [0.15, 0.2) is 0 Å². The first-order chi connectivity index (χ1) is 7.61. The molecular formula is C11H22N2O3. The van der Waals surface area contributed by atoms with Gasteiger partial charge in [0.2, 0.25) is 5.91 Å². The average molecular weight is 230 g/mol. The van der Waals surface area contributed by atoms with Crippen LogP contribution in [0.2, 0.25) is 0 Å². The smallest absolute Gasteiger partial charge is 0.320 e. The highest BCUT2D eigenvalue weighted by Crippen LogP contribution is 1.98. The van der Waals surface area contributed by atoms with Crippen LogP contribution in [0.25, 0.3) is 0 Å². The number of hydrogen-bond acceptors (Lipinski definition) is 3. The van der Waals surface area contributed by atoms with E-state index in [1.807, 2.05) is 13.8 Å². The Morgan fingerprint density at radius 3 is 2.50 bits per heavy atom. The molecular weight excluding hydrogens is 208 g/mol. The maximum absolute atomic E-state index is 11.2. The molecule has 0 saturated carbocycles. The molecule has 0 spiro atoms. The van der Waals surface area contributed by atoms with Gasteiger partial charge in [-0.1, -0.05) is 13.3 Å². The molecule has 0 saturated heterocycles. The summed E-state index contributed by atoms with van der Waals surface area (Å²) in [4.78, 5) is 22.0. The van der Waals surface area contributed by atoms with Gasteiger partial charge in [-0.15, -0.1) is 0 Å². The maximum atomic E-state index is 11.2. The molecule has 0 rings (SSSR count). The van der Waals surface area contributed by atoms with E-state index in [1.165, 1.54) is 0 Å². The van der Waals surface area contributed by atoms with E-state index in [-0.39, 0.29) is 12.3 Å². The first kappa shape index (κ1) is 14.9. The van der Waals surface area contributed by atoms with Crippen molar-refractivity contribution < 1.29 is 14.7 Å². The van der Waals surface area contributed by atoms with E-state index in [9.17, 15) is 9.59 Å². The summed E-state index contributed by atoms with van der Waals surface area (Å²) in [6, 6.07) is -0.617. The molecule has 3 N–H and O–H groups in total. The van der Waals surface area contributed by atoms with Gasteiger partial charge in [0.05, 0.1) is 0 Å². The lowest BCUT2D eigenvalue weighted by Crippen LogP contribution is -2.38. The summed E-state index contributed by atoms with van der Waals surface area (Å²) in [6.07, 6.45) is 2.56. The number of nitrogens with one attached hydrogen (secondary N) is 2. The summed E-state index contributed by atoms with van der Waals surface area (Å²) in [5, 5.41) is 14.5. The van der Waals surface area contributed by atoms with Crippen LogP contribution in [0.3, 0.4) is 0 Å². The fourth-order valence-electron chi connectivity index (χ4n) is 1.33. The van der Waals surface area contributed by atoms with Gasteiger partial charge in [-0.2, -0.15) is 0 Å². The summed E-state index contributed by atoms with van der Waals surface area (Å²) in [6.45, 7) is 5.15. The number of aliphatic carboxylic acids is 1. The van der Waals surface area contributed by atoms with Crippen LogP contribution in [0.4, 0.5) is 0 Å². The van der Waals surface area contributed by atoms with Crippen molar-refractivity contribution in [3.8, 4) is 0 Å². The Morgan fingerprint density at radius 1 is 1.31 bits per heavy atom. The van der Waals surface area contributed by atoms with Crippen molar-refractivity contribution >= 4 is 11.9 Å². The minimum absolute atomic E-state index is 0.0916. The predicted molar refractivity (Wildman–Crippen MR) is 62.3 cm³/mol. The van der Waals surface area contributed by atoms with Gasteiger partial charge >= 0.3 is 5.97 Å². The van der Waals surface area contributed by atoms with Crippen molar-refractivity contribution in [2.24, 2.45) is 0 Å². The topological polar surface area (TPSA) is 78.4 Å². The largest absolute Gasteiger partial charge is 0.480 e. The molecule has 0 aliphatic rings. The third-order valence-corrected chi connectivity index (χ3v) is 2.25. The molecule has 1 amide bonds. The van der Waals surface area contributed by atoms with Crippen molar-refractivity contribution in [1.82, 2.24) is 10.6 Å². The van der Waals surface area contributed by atoms with E-state index in [0.29, 0.717) is 19.5 Å². The standard InChI is InChI=1S/C11H22N2O3/c1-3-5-8-13-9(11(15)16)6-7-10(14)12-4-2/h9,13H,3-8H2,1-2H3,(H,12,14)(H,15,16). The van der Waals surface area contributed by atoms with Crippen LogP contribution < -0.4 is 10.6 Å². The zero-order chi connectivity index (χ0) is 12.4. The Morgan fingerprint density at radius 2 is 2.00 bits per heavy atom. The maximum Gasteiger partial charge on any atom is 0.320 e. The van der Waals surface area contributed by atoms with E-state index < -0.39 is 12.0 Å². The minimum atomic E-state index is -0.889. The van der Waals surface area contributed by atoms with Gasteiger partial charge < -0.3 is 15.7 Å². The van der Waals surface area contributed by atoms with Gasteiger partial charge in [0.25, 0.3) is 0 Å². The molecule has 0 aromatic rings. The lowest BCUT2D eigenvalue weighted by Gasteiger charge is -2.13. The Labute approximate surface area is 96.6 Å². The Balaban J connectivity index is 3.85. The highest BCUT2D eigenvalue weighted by molar-refractivity contribution is 5.78. The highest BCUT2D eigenvalue weighted by atomic mass is 16.4. The zero-order valence-corrected chi connectivity index (χ0v) is 10.1. The number of carbonyl (C=O) groups is 2. The van der Waals surface area contributed by atoms with Gasteiger partial charge in [-0.3, -0.25) is 9.59 Å². The molecule has 5 heteroatoms. The predicted octanol–water partition coefficient (Wildman–Crippen LogP) is 0.746. The second-order valence-electron chi connectivity index (χ2n) is 3.69. The summed E-state index contributed by atoms with van der Waals surface area (Å²) in [5.74, 6) is -0.980. The Hall–Kier alpha value is -1.10. The number of hydrogen-bond donors (Lipinski definition) is 3. The molecule has 0 aromatic heterocycles. The quantitative estimate of drug-likeness (QED) is 0.511. The number of carbonyl (C=O) groups excluding carboxylic acids is 1. The first-order valence-corrected chi connectivity index (χ1v) is 5.84. The first-order valence-electron chi connectivity index (χ1n) is 5.84. The van der Waals surface area contributed by atoms with Crippen LogP contribution in [-0.2, 0) is 9.59 Å². The van der Waals surface area contributed by atoms with Crippen LogP contribution in [0, 0.1) is 0 Å². The SMILES string of the molecule is CCCCNC(CCC(=O)NCC)C(=O)O. The van der Waals surface area contributed by atoms with Gasteiger partial charge in [-0.25, -0.2) is 0 Å². The van der Waals surface area contributed by atoms with Crippen LogP contribution in [0.1, 0.15) is 39.5 Å². The molecule has 0 fully saturated rings. The molecule has 0 aliphatic heterocycles. The van der Waals surface area contributed by atoms with E-state index in [2.05, 4.69) is 10.6 Å². The molecule has 94 valence electrons.